The zero-order valence-electron chi connectivity index (χ0n) is 14.9. The molecule has 0 bridgehead atoms. The molecule has 0 radical (unpaired) electrons. The number of thioether (sulfide) groups is 1. The van der Waals surface area contributed by atoms with Gasteiger partial charge in [-0.15, -0.1) is 11.8 Å². The summed E-state index contributed by atoms with van der Waals surface area (Å²) in [5.41, 5.74) is -0.335. The quantitative estimate of drug-likeness (QED) is 0.482. The minimum atomic E-state index is -4.48. The Kier molecular flexibility index (Phi) is 5.84. The molecular weight excluding hydrogens is 389 g/mol. The number of rotatable bonds is 6. The second-order valence-electron chi connectivity index (χ2n) is 6.10. The van der Waals surface area contributed by atoms with Gasteiger partial charge in [0.05, 0.1) is 12.0 Å². The Morgan fingerprint density at radius 2 is 1.79 bits per heavy atom. The molecule has 146 valence electrons. The number of alkyl halides is 3. The lowest BCUT2D eigenvalue weighted by atomic mass is 10.0. The Hall–Kier alpha value is -2.67. The van der Waals surface area contributed by atoms with Crippen molar-refractivity contribution < 1.29 is 27.8 Å². The van der Waals surface area contributed by atoms with Gasteiger partial charge in [-0.2, -0.15) is 13.2 Å². The number of hydrogen-bond acceptors (Lipinski definition) is 3. The van der Waals surface area contributed by atoms with Gasteiger partial charge in [-0.05, 0) is 59.2 Å². The van der Waals surface area contributed by atoms with E-state index < -0.39 is 17.7 Å². The van der Waals surface area contributed by atoms with Gasteiger partial charge >= 0.3 is 12.1 Å². The van der Waals surface area contributed by atoms with E-state index in [0.717, 1.165) is 22.8 Å². The molecule has 0 unspecified atom stereocenters. The van der Waals surface area contributed by atoms with Crippen molar-refractivity contribution in [1.29, 1.82) is 0 Å². The molecule has 0 amide bonds. The molecule has 0 saturated carbocycles. The van der Waals surface area contributed by atoms with Crippen LogP contribution in [-0.2, 0) is 17.4 Å². The lowest BCUT2D eigenvalue weighted by Crippen LogP contribution is -2.05. The van der Waals surface area contributed by atoms with Gasteiger partial charge in [0, 0.05) is 10.3 Å². The van der Waals surface area contributed by atoms with Crippen LogP contribution in [0.2, 0.25) is 0 Å². The first-order chi connectivity index (χ1) is 13.3. The summed E-state index contributed by atoms with van der Waals surface area (Å²) in [7, 11) is 0. The number of benzene rings is 3. The Morgan fingerprint density at radius 3 is 2.39 bits per heavy atom. The summed E-state index contributed by atoms with van der Waals surface area (Å²) in [6, 6.07) is 13.6. The molecule has 0 aromatic heterocycles. The smallest absolute Gasteiger partial charge is 0.416 e. The van der Waals surface area contributed by atoms with Crippen molar-refractivity contribution in [3.63, 3.8) is 0 Å². The van der Waals surface area contributed by atoms with E-state index in [-0.39, 0.29) is 17.6 Å². The summed E-state index contributed by atoms with van der Waals surface area (Å²) in [5, 5.41) is 9.82. The van der Waals surface area contributed by atoms with Crippen LogP contribution < -0.4 is 4.74 Å². The highest BCUT2D eigenvalue weighted by molar-refractivity contribution is 7.99. The molecule has 0 heterocycles. The van der Waals surface area contributed by atoms with Gasteiger partial charge in [0.15, 0.2) is 0 Å². The topological polar surface area (TPSA) is 46.5 Å². The van der Waals surface area contributed by atoms with E-state index >= 15 is 0 Å². The van der Waals surface area contributed by atoms with Gasteiger partial charge < -0.3 is 9.84 Å². The third-order valence-corrected chi connectivity index (χ3v) is 4.92. The number of ether oxygens (including phenoxy) is 1. The van der Waals surface area contributed by atoms with Gasteiger partial charge in [0.25, 0.3) is 0 Å². The van der Waals surface area contributed by atoms with E-state index in [1.54, 1.807) is 30.0 Å². The fourth-order valence-electron chi connectivity index (χ4n) is 2.82. The first-order valence-corrected chi connectivity index (χ1v) is 9.51. The van der Waals surface area contributed by atoms with Crippen molar-refractivity contribution in [2.75, 3.05) is 5.75 Å². The second-order valence-corrected chi connectivity index (χ2v) is 7.44. The molecule has 28 heavy (non-hydrogen) atoms. The monoisotopic (exact) mass is 406 g/mol. The highest BCUT2D eigenvalue weighted by Crippen LogP contribution is 2.37. The van der Waals surface area contributed by atoms with Crippen LogP contribution in [-0.4, -0.2) is 16.8 Å². The molecule has 7 heteroatoms. The second kappa shape index (κ2) is 8.14. The number of aliphatic carboxylic acids is 1. The summed E-state index contributed by atoms with van der Waals surface area (Å²) in [4.78, 5) is 12.1. The van der Waals surface area contributed by atoms with E-state index in [4.69, 9.17) is 9.84 Å². The van der Waals surface area contributed by atoms with Crippen LogP contribution in [0.1, 0.15) is 18.1 Å². The number of fused-ring (bicyclic) bond motifs is 1. The molecule has 0 aliphatic rings. The molecule has 0 fully saturated rings. The standard InChI is InChI=1S/C21H17F3O3S/c1-2-28-17-7-5-16(6-8-17)27-19-10-13(11-20(25)26)9-14-3-4-15(12-18(14)19)21(22,23)24/h3-10,12H,2,11H2,1H3,(H,25,26). The van der Waals surface area contributed by atoms with Crippen molar-refractivity contribution in [2.24, 2.45) is 0 Å². The van der Waals surface area contributed by atoms with Crippen molar-refractivity contribution in [3.05, 3.63) is 65.7 Å². The molecule has 1 N–H and O–H groups in total. The SMILES string of the molecule is CCSc1ccc(Oc2cc(CC(=O)O)cc3ccc(C(F)(F)F)cc23)cc1. The van der Waals surface area contributed by atoms with E-state index in [0.29, 0.717) is 16.7 Å². The highest BCUT2D eigenvalue weighted by atomic mass is 32.2. The maximum Gasteiger partial charge on any atom is 0.416 e. The predicted octanol–water partition coefficient (Wildman–Crippen LogP) is 6.39. The molecule has 3 aromatic rings. The van der Waals surface area contributed by atoms with Crippen LogP contribution in [0, 0.1) is 0 Å². The minimum absolute atomic E-state index is 0.191. The van der Waals surface area contributed by atoms with Crippen molar-refractivity contribution >= 4 is 28.5 Å². The molecule has 0 aliphatic carbocycles. The van der Waals surface area contributed by atoms with Crippen LogP contribution in [0.25, 0.3) is 10.8 Å². The highest BCUT2D eigenvalue weighted by Gasteiger charge is 2.30. The summed E-state index contributed by atoms with van der Waals surface area (Å²) in [6.45, 7) is 2.04. The van der Waals surface area contributed by atoms with Crippen LogP contribution in [0.4, 0.5) is 13.2 Å². The average molecular weight is 406 g/mol. The molecule has 0 atom stereocenters. The number of hydrogen-bond donors (Lipinski definition) is 1. The zero-order valence-corrected chi connectivity index (χ0v) is 15.7. The van der Waals surface area contributed by atoms with Gasteiger partial charge in [0.2, 0.25) is 0 Å². The van der Waals surface area contributed by atoms with Gasteiger partial charge in [0.1, 0.15) is 11.5 Å². The van der Waals surface area contributed by atoms with E-state index in [2.05, 4.69) is 0 Å². The normalized spacial score (nSPS) is 11.6. The number of carboxylic acid groups (broad SMARTS) is 1. The molecule has 0 saturated heterocycles. The number of carbonyl (C=O) groups is 1. The van der Waals surface area contributed by atoms with Crippen LogP contribution in [0.5, 0.6) is 11.5 Å². The molecule has 0 spiro atoms. The minimum Gasteiger partial charge on any atom is -0.481 e. The van der Waals surface area contributed by atoms with Gasteiger partial charge in [-0.1, -0.05) is 19.1 Å². The number of halogens is 3. The lowest BCUT2D eigenvalue weighted by molar-refractivity contribution is -0.138. The van der Waals surface area contributed by atoms with E-state index in [9.17, 15) is 18.0 Å². The predicted molar refractivity (Wildman–Crippen MR) is 103 cm³/mol. The van der Waals surface area contributed by atoms with Gasteiger partial charge in [-0.25, -0.2) is 0 Å². The summed E-state index contributed by atoms with van der Waals surface area (Å²) in [6.07, 6.45) is -4.73. The summed E-state index contributed by atoms with van der Waals surface area (Å²) < 4.78 is 45.2. The Balaban J connectivity index is 2.06. The fraction of sp³-hybridized carbons (Fsp3) is 0.190. The Bertz CT molecular complexity index is 998. The Morgan fingerprint density at radius 1 is 1.07 bits per heavy atom. The molecule has 3 nitrogen and oxygen atoms in total. The maximum atomic E-state index is 13.1. The van der Waals surface area contributed by atoms with Crippen molar-refractivity contribution in [2.45, 2.75) is 24.4 Å². The van der Waals surface area contributed by atoms with Crippen LogP contribution >= 0.6 is 11.8 Å². The lowest BCUT2D eigenvalue weighted by Gasteiger charge is -2.14. The van der Waals surface area contributed by atoms with Gasteiger partial charge in [-0.3, -0.25) is 4.79 Å². The van der Waals surface area contributed by atoms with Crippen molar-refractivity contribution in [1.82, 2.24) is 0 Å². The Labute approximate surface area is 164 Å². The van der Waals surface area contributed by atoms with Crippen LogP contribution in [0.3, 0.4) is 0 Å². The molecule has 3 aromatic carbocycles. The van der Waals surface area contributed by atoms with E-state index in [1.807, 2.05) is 19.1 Å². The largest absolute Gasteiger partial charge is 0.481 e. The van der Waals surface area contributed by atoms with E-state index in [1.165, 1.54) is 12.1 Å². The first kappa shape index (κ1) is 20.1. The third-order valence-electron chi connectivity index (χ3n) is 4.02. The third kappa shape index (κ3) is 4.78. The summed E-state index contributed by atoms with van der Waals surface area (Å²) in [5.74, 6) is 0.544. The molecular formula is C21H17F3O3S. The summed E-state index contributed by atoms with van der Waals surface area (Å²) >= 11 is 1.66. The fourth-order valence-corrected chi connectivity index (χ4v) is 3.48. The zero-order chi connectivity index (χ0) is 20.3. The average Bonchev–Trinajstić information content (AvgIpc) is 2.62. The maximum absolute atomic E-state index is 13.1. The molecule has 3 rings (SSSR count). The van der Waals surface area contributed by atoms with Crippen LogP contribution in [0.15, 0.2) is 59.5 Å². The van der Waals surface area contributed by atoms with Crippen molar-refractivity contribution in [3.8, 4) is 11.5 Å². The first-order valence-electron chi connectivity index (χ1n) is 8.52. The molecule has 0 aliphatic heterocycles. The number of carboxylic acids is 1.